The average molecular weight is 647 g/mol. The molecule has 3 aromatic rings. The molecular weight excluding hydrogens is 592 g/mol. The fourth-order valence-electron chi connectivity index (χ4n) is 11.3. The smallest absolute Gasteiger partial charge is 0.339 e. The van der Waals surface area contributed by atoms with Gasteiger partial charge in [0.1, 0.15) is 0 Å². The van der Waals surface area contributed by atoms with Gasteiger partial charge in [-0.1, -0.05) is 88.5 Å². The fraction of sp³-hybridized carbons (Fsp3) is 0.591. The van der Waals surface area contributed by atoms with Crippen LogP contribution in [0, 0.1) is 0 Å². The first-order valence-corrected chi connectivity index (χ1v) is 19.5. The summed E-state index contributed by atoms with van der Waals surface area (Å²) >= 11 is 0. The summed E-state index contributed by atoms with van der Waals surface area (Å²) in [6, 6.07) is 9.37. The monoisotopic (exact) mass is 646 g/mol. The Balaban J connectivity index is 1.47. The lowest BCUT2D eigenvalue weighted by Gasteiger charge is -2.38. The molecule has 4 saturated carbocycles. The topological polar surface area (TPSA) is 52.6 Å². The first-order valence-electron chi connectivity index (χ1n) is 19.5. The Hall–Kier alpha value is -3.14. The molecule has 4 fully saturated rings. The highest BCUT2D eigenvalue weighted by atomic mass is 16.5. The zero-order valence-corrected chi connectivity index (χ0v) is 29.4. The van der Waals surface area contributed by atoms with Gasteiger partial charge in [-0.3, -0.25) is 0 Å². The second-order valence-corrected chi connectivity index (χ2v) is 15.8. The summed E-state index contributed by atoms with van der Waals surface area (Å²) in [7, 11) is 2.97. The lowest BCUT2D eigenvalue weighted by Crippen LogP contribution is -2.28. The number of benzene rings is 3. The predicted molar refractivity (Wildman–Crippen MR) is 193 cm³/mol. The highest BCUT2D eigenvalue weighted by Gasteiger charge is 2.41. The maximum absolute atomic E-state index is 14.1. The average Bonchev–Trinajstić information content (AvgIpc) is 3.88. The highest BCUT2D eigenvalue weighted by molar-refractivity contribution is 6.06. The van der Waals surface area contributed by atoms with E-state index < -0.39 is 0 Å². The van der Waals surface area contributed by atoms with Gasteiger partial charge in [-0.15, -0.1) is 0 Å². The lowest BCUT2D eigenvalue weighted by atomic mass is 9.66. The van der Waals surface area contributed by atoms with Gasteiger partial charge in [-0.2, -0.15) is 0 Å². The number of carbonyl (C=O) groups is 2. The molecule has 4 nitrogen and oxygen atoms in total. The van der Waals surface area contributed by atoms with Crippen molar-refractivity contribution in [2.75, 3.05) is 14.2 Å². The van der Waals surface area contributed by atoms with E-state index in [9.17, 15) is 9.59 Å². The van der Waals surface area contributed by atoms with E-state index in [2.05, 4.69) is 24.3 Å². The van der Waals surface area contributed by atoms with Crippen molar-refractivity contribution in [3.05, 3.63) is 79.9 Å². The first-order chi connectivity index (χ1) is 23.6. The standard InChI is InChI=1S/C44H54O4/c1-47-43(45)41-39(29-15-5-3-6-16-29)35-25-33-34(26-36(35)40(42(41)44(46)48-2)30-17-7-4-8-18-30)38(28-21-11-12-22-28)32-24-14-13-23-31(32)37(33)27-19-9-10-20-27/h13-14,23-24,27-30H,3-12,15-22,25-26H2,1-2H3. The Morgan fingerprint density at radius 2 is 0.750 bits per heavy atom. The first kappa shape index (κ1) is 32.1. The minimum Gasteiger partial charge on any atom is -0.465 e. The molecule has 0 aromatic heterocycles. The molecule has 0 unspecified atom stereocenters. The molecule has 0 atom stereocenters. The zero-order valence-electron chi connectivity index (χ0n) is 29.4. The number of hydrogen-bond donors (Lipinski definition) is 0. The van der Waals surface area contributed by atoms with Crippen LogP contribution in [0.4, 0.5) is 0 Å². The van der Waals surface area contributed by atoms with Crippen LogP contribution in [-0.4, -0.2) is 26.2 Å². The molecule has 5 aliphatic carbocycles. The summed E-state index contributed by atoms with van der Waals surface area (Å²) in [6.07, 6.45) is 23.4. The van der Waals surface area contributed by atoms with E-state index in [1.54, 1.807) is 22.3 Å². The molecule has 0 bridgehead atoms. The van der Waals surface area contributed by atoms with E-state index in [-0.39, 0.29) is 23.8 Å². The Morgan fingerprint density at radius 3 is 1.08 bits per heavy atom. The van der Waals surface area contributed by atoms with Crippen LogP contribution in [-0.2, 0) is 22.3 Å². The fourth-order valence-corrected chi connectivity index (χ4v) is 11.3. The maximum atomic E-state index is 14.1. The molecule has 0 heterocycles. The minimum absolute atomic E-state index is 0.261. The molecular formula is C44H54O4. The molecule has 0 spiro atoms. The van der Waals surface area contributed by atoms with Crippen molar-refractivity contribution in [2.45, 2.75) is 152 Å². The number of hydrogen-bond acceptors (Lipinski definition) is 4. The third-order valence-electron chi connectivity index (χ3n) is 13.4. The Morgan fingerprint density at radius 1 is 0.458 bits per heavy atom. The largest absolute Gasteiger partial charge is 0.465 e. The van der Waals surface area contributed by atoms with E-state index in [1.807, 2.05) is 0 Å². The summed E-state index contributed by atoms with van der Waals surface area (Å²) in [5.41, 5.74) is 12.4. The summed E-state index contributed by atoms with van der Waals surface area (Å²) in [4.78, 5) is 28.3. The number of ether oxygens (including phenoxy) is 2. The van der Waals surface area contributed by atoms with E-state index in [0.29, 0.717) is 23.0 Å². The van der Waals surface area contributed by atoms with Crippen LogP contribution in [0.1, 0.15) is 204 Å². The summed E-state index contributed by atoms with van der Waals surface area (Å²) in [5, 5.41) is 2.97. The van der Waals surface area contributed by atoms with Crippen LogP contribution in [0.5, 0.6) is 0 Å². The molecule has 3 aromatic carbocycles. The van der Waals surface area contributed by atoms with Gasteiger partial charge in [0.05, 0.1) is 25.3 Å². The van der Waals surface area contributed by atoms with Crippen molar-refractivity contribution in [1.29, 1.82) is 0 Å². The van der Waals surface area contributed by atoms with Gasteiger partial charge in [0.25, 0.3) is 0 Å². The van der Waals surface area contributed by atoms with Crippen molar-refractivity contribution >= 4 is 22.7 Å². The molecule has 4 heteroatoms. The second-order valence-electron chi connectivity index (χ2n) is 15.8. The predicted octanol–water partition coefficient (Wildman–Crippen LogP) is 11.3. The van der Waals surface area contributed by atoms with Crippen LogP contribution < -0.4 is 0 Å². The van der Waals surface area contributed by atoms with Crippen LogP contribution in [0.15, 0.2) is 24.3 Å². The Bertz CT molecular complexity index is 1580. The maximum Gasteiger partial charge on any atom is 0.339 e. The van der Waals surface area contributed by atoms with E-state index in [4.69, 9.17) is 9.47 Å². The number of carbonyl (C=O) groups excluding carboxylic acids is 2. The molecule has 0 amide bonds. The van der Waals surface area contributed by atoms with Gasteiger partial charge >= 0.3 is 11.9 Å². The van der Waals surface area contributed by atoms with E-state index >= 15 is 0 Å². The zero-order chi connectivity index (χ0) is 32.8. The van der Waals surface area contributed by atoms with Gasteiger partial charge in [-0.05, 0) is 143 Å². The van der Waals surface area contributed by atoms with Gasteiger partial charge in [-0.25, -0.2) is 9.59 Å². The molecule has 254 valence electrons. The number of fused-ring (bicyclic) bond motifs is 3. The number of rotatable bonds is 6. The molecule has 0 saturated heterocycles. The third-order valence-corrected chi connectivity index (χ3v) is 13.4. The van der Waals surface area contributed by atoms with Gasteiger partial charge in [0.2, 0.25) is 0 Å². The van der Waals surface area contributed by atoms with Crippen LogP contribution in [0.2, 0.25) is 0 Å². The molecule has 0 aliphatic heterocycles. The van der Waals surface area contributed by atoms with Crippen molar-refractivity contribution in [3.8, 4) is 0 Å². The summed E-state index contributed by atoms with van der Waals surface area (Å²) in [5.74, 6) is 0.986. The third kappa shape index (κ3) is 5.41. The van der Waals surface area contributed by atoms with Gasteiger partial charge in [0.15, 0.2) is 0 Å². The van der Waals surface area contributed by atoms with Crippen LogP contribution in [0.3, 0.4) is 0 Å². The molecule has 0 N–H and O–H groups in total. The number of methoxy groups -OCH3 is 2. The highest BCUT2D eigenvalue weighted by Crippen LogP contribution is 2.53. The summed E-state index contributed by atoms with van der Waals surface area (Å²) in [6.45, 7) is 0. The van der Waals surface area contributed by atoms with Gasteiger partial charge < -0.3 is 9.47 Å². The van der Waals surface area contributed by atoms with Crippen molar-refractivity contribution in [3.63, 3.8) is 0 Å². The van der Waals surface area contributed by atoms with E-state index in [1.165, 1.54) is 126 Å². The molecule has 8 rings (SSSR count). The van der Waals surface area contributed by atoms with Crippen LogP contribution >= 0.6 is 0 Å². The van der Waals surface area contributed by atoms with Crippen molar-refractivity contribution in [1.82, 2.24) is 0 Å². The normalized spacial score (nSPS) is 21.0. The number of esters is 2. The Kier molecular flexibility index (Phi) is 9.12. The molecule has 0 radical (unpaired) electrons. The van der Waals surface area contributed by atoms with E-state index in [0.717, 1.165) is 49.7 Å². The summed E-state index contributed by atoms with van der Waals surface area (Å²) < 4.78 is 11.2. The van der Waals surface area contributed by atoms with Gasteiger partial charge in [0, 0.05) is 0 Å². The quantitative estimate of drug-likeness (QED) is 0.196. The lowest BCUT2D eigenvalue weighted by molar-refractivity contribution is 0.0551. The van der Waals surface area contributed by atoms with Crippen molar-refractivity contribution < 1.29 is 19.1 Å². The second kappa shape index (κ2) is 13.6. The minimum atomic E-state index is -0.359. The molecule has 5 aliphatic rings. The van der Waals surface area contributed by atoms with Crippen molar-refractivity contribution in [2.24, 2.45) is 0 Å². The Labute approximate surface area is 287 Å². The van der Waals surface area contributed by atoms with Crippen LogP contribution in [0.25, 0.3) is 10.8 Å². The molecule has 48 heavy (non-hydrogen) atoms. The SMILES string of the molecule is COC(=O)c1c(C(=O)OC)c(C2CCCCC2)c2c(c1C1CCCCC1)Cc1c(c(C3CCCC3)c3ccccc3c1C1CCCC1)C2.